The Morgan fingerprint density at radius 1 is 1.30 bits per heavy atom. The van der Waals surface area contributed by atoms with Crippen LogP contribution in [-0.4, -0.2) is 60.1 Å². The lowest BCUT2D eigenvalue weighted by Gasteiger charge is -2.34. The molecule has 0 aromatic heterocycles. The molecule has 0 spiro atoms. The molecule has 2 aromatic rings. The number of nitrogens with zero attached hydrogens (tertiary/aromatic N) is 3. The van der Waals surface area contributed by atoms with Gasteiger partial charge in [-0.25, -0.2) is 4.85 Å². The molecular formula is C24H24N4O5. The number of amides is 3. The maximum atomic E-state index is 13.1. The number of rotatable bonds is 5. The summed E-state index contributed by atoms with van der Waals surface area (Å²) in [5.74, 6) is -1.44. The second-order valence-electron chi connectivity index (χ2n) is 8.02. The van der Waals surface area contributed by atoms with E-state index in [0.717, 1.165) is 11.1 Å². The van der Waals surface area contributed by atoms with Crippen molar-refractivity contribution in [2.24, 2.45) is 0 Å². The molecule has 33 heavy (non-hydrogen) atoms. The van der Waals surface area contributed by atoms with Crippen LogP contribution < -0.4 is 10.2 Å². The number of nitrogens with one attached hydrogen (secondary N) is 1. The fourth-order valence-electron chi connectivity index (χ4n) is 4.10. The topological polar surface area (TPSA) is 104 Å². The third-order valence-electron chi connectivity index (χ3n) is 5.92. The molecule has 0 saturated carbocycles. The van der Waals surface area contributed by atoms with Crippen LogP contribution in [0.4, 0.5) is 17.1 Å². The largest absolute Gasteiger partial charge is 0.380 e. The van der Waals surface area contributed by atoms with Gasteiger partial charge in [0, 0.05) is 37.1 Å². The number of fused-ring (bicyclic) bond motifs is 1. The minimum atomic E-state index is -1.73. The van der Waals surface area contributed by atoms with Crippen LogP contribution in [0, 0.1) is 6.57 Å². The van der Waals surface area contributed by atoms with Gasteiger partial charge in [-0.1, -0.05) is 25.1 Å². The first-order valence-corrected chi connectivity index (χ1v) is 10.6. The Balaban J connectivity index is 1.51. The molecule has 0 radical (unpaired) electrons. The van der Waals surface area contributed by atoms with Gasteiger partial charge in [0.1, 0.15) is 0 Å². The molecule has 0 bridgehead atoms. The van der Waals surface area contributed by atoms with E-state index in [2.05, 4.69) is 10.2 Å². The molecule has 2 heterocycles. The van der Waals surface area contributed by atoms with Gasteiger partial charge < -0.3 is 25.0 Å². The predicted octanol–water partition coefficient (Wildman–Crippen LogP) is 2.12. The highest BCUT2D eigenvalue weighted by atomic mass is 16.5. The van der Waals surface area contributed by atoms with Crippen molar-refractivity contribution in [1.82, 2.24) is 4.90 Å². The Hall–Kier alpha value is -3.74. The average Bonchev–Trinajstić information content (AvgIpc) is 3.11. The normalized spacial score (nSPS) is 18.7. The maximum absolute atomic E-state index is 13.1. The zero-order chi connectivity index (χ0) is 23.7. The van der Waals surface area contributed by atoms with E-state index in [9.17, 15) is 19.5 Å². The molecule has 2 N–H and O–H groups in total. The number of ether oxygens (including phenoxy) is 1. The van der Waals surface area contributed by atoms with Crippen LogP contribution >= 0.6 is 0 Å². The summed E-state index contributed by atoms with van der Waals surface area (Å²) in [7, 11) is 1.71. The Morgan fingerprint density at radius 2 is 2.09 bits per heavy atom. The number of benzene rings is 2. The highest BCUT2D eigenvalue weighted by Crippen LogP contribution is 2.29. The summed E-state index contributed by atoms with van der Waals surface area (Å²) in [4.78, 5) is 44.6. The summed E-state index contributed by atoms with van der Waals surface area (Å²) < 4.78 is 5.47. The lowest BCUT2D eigenvalue weighted by atomic mass is 10.1. The first-order chi connectivity index (χ1) is 15.8. The van der Waals surface area contributed by atoms with Gasteiger partial charge >= 0.3 is 0 Å². The molecule has 9 nitrogen and oxygen atoms in total. The Labute approximate surface area is 191 Å². The number of aliphatic hydroxyl groups is 1. The van der Waals surface area contributed by atoms with E-state index >= 15 is 0 Å². The molecular weight excluding hydrogens is 424 g/mol. The van der Waals surface area contributed by atoms with Crippen molar-refractivity contribution in [1.29, 1.82) is 0 Å². The van der Waals surface area contributed by atoms with E-state index in [-0.39, 0.29) is 19.1 Å². The van der Waals surface area contributed by atoms with Crippen LogP contribution in [0.3, 0.4) is 0 Å². The SMILES string of the molecule is [C-]#[N+]c1ccc(NC(=O)[C@H](O)[C@H]2OCCN(c3ccc4c(c3)C(=O)N(C)C4)C2=O)c(CC)c1. The minimum Gasteiger partial charge on any atom is -0.380 e. The van der Waals surface area contributed by atoms with Gasteiger partial charge in [0.15, 0.2) is 17.9 Å². The molecule has 0 unspecified atom stereocenters. The standard InChI is InChI=1S/C24H24N4O5/c1-4-14-11-16(25-2)6-8-19(14)26-22(30)20(29)21-24(32)28(9-10-33-21)17-7-5-15-13-27(3)23(31)18(15)12-17/h5-8,11-12,20-21,29H,4,9-10,13H2,1,3H3,(H,26,30)/t20-,21-/m1/s1. The lowest BCUT2D eigenvalue weighted by Crippen LogP contribution is -2.55. The molecule has 2 aliphatic rings. The lowest BCUT2D eigenvalue weighted by molar-refractivity contribution is -0.150. The van der Waals surface area contributed by atoms with Crippen molar-refractivity contribution in [2.75, 3.05) is 30.4 Å². The number of morpholine rings is 1. The molecule has 1 fully saturated rings. The van der Waals surface area contributed by atoms with E-state index < -0.39 is 24.0 Å². The zero-order valence-corrected chi connectivity index (χ0v) is 18.4. The maximum Gasteiger partial charge on any atom is 0.259 e. The van der Waals surface area contributed by atoms with E-state index in [4.69, 9.17) is 11.3 Å². The summed E-state index contributed by atoms with van der Waals surface area (Å²) in [6.07, 6.45) is -2.53. The van der Waals surface area contributed by atoms with Gasteiger partial charge in [-0.2, -0.15) is 0 Å². The van der Waals surface area contributed by atoms with Gasteiger partial charge in [-0.05, 0) is 35.7 Å². The minimum absolute atomic E-state index is 0.112. The molecule has 0 aliphatic carbocycles. The highest BCUT2D eigenvalue weighted by molar-refractivity contribution is 6.05. The number of aliphatic hydroxyl groups excluding tert-OH is 1. The number of carbonyl (C=O) groups excluding carboxylic acids is 3. The van der Waals surface area contributed by atoms with Gasteiger partial charge in [0.05, 0.1) is 13.2 Å². The molecule has 1 saturated heterocycles. The highest BCUT2D eigenvalue weighted by Gasteiger charge is 2.40. The third-order valence-corrected chi connectivity index (χ3v) is 5.92. The van der Waals surface area contributed by atoms with Gasteiger partial charge in [0.25, 0.3) is 17.7 Å². The van der Waals surface area contributed by atoms with Crippen molar-refractivity contribution in [3.63, 3.8) is 0 Å². The van der Waals surface area contributed by atoms with Crippen LogP contribution in [0.5, 0.6) is 0 Å². The van der Waals surface area contributed by atoms with Gasteiger partial charge in [0.2, 0.25) is 0 Å². The Morgan fingerprint density at radius 3 is 2.82 bits per heavy atom. The van der Waals surface area contributed by atoms with Gasteiger partial charge in [-0.3, -0.25) is 14.4 Å². The van der Waals surface area contributed by atoms with Crippen molar-refractivity contribution in [3.05, 3.63) is 64.5 Å². The molecule has 2 atom stereocenters. The second-order valence-corrected chi connectivity index (χ2v) is 8.02. The Kier molecular flexibility index (Phi) is 6.14. The molecule has 2 aliphatic heterocycles. The predicted molar refractivity (Wildman–Crippen MR) is 121 cm³/mol. The number of aryl methyl sites for hydroxylation is 1. The van der Waals surface area contributed by atoms with Crippen molar-refractivity contribution in [3.8, 4) is 0 Å². The molecule has 4 rings (SSSR count). The van der Waals surface area contributed by atoms with Crippen LogP contribution in [0.25, 0.3) is 4.85 Å². The molecule has 170 valence electrons. The van der Waals surface area contributed by atoms with Crippen LogP contribution in [0.2, 0.25) is 0 Å². The van der Waals surface area contributed by atoms with Crippen LogP contribution in [0.15, 0.2) is 36.4 Å². The molecule has 3 amide bonds. The van der Waals surface area contributed by atoms with Crippen LogP contribution in [0.1, 0.15) is 28.4 Å². The number of carbonyl (C=O) groups is 3. The number of hydrogen-bond donors (Lipinski definition) is 2. The quantitative estimate of drug-likeness (QED) is 0.682. The summed E-state index contributed by atoms with van der Waals surface area (Å²) in [6.45, 7) is 9.90. The summed E-state index contributed by atoms with van der Waals surface area (Å²) in [6, 6.07) is 10.1. The Bertz CT molecular complexity index is 1170. The van der Waals surface area contributed by atoms with Crippen molar-refractivity contribution in [2.45, 2.75) is 32.1 Å². The third kappa shape index (κ3) is 4.18. The fourth-order valence-corrected chi connectivity index (χ4v) is 4.10. The van der Waals surface area contributed by atoms with Gasteiger partial charge in [-0.15, -0.1) is 0 Å². The van der Waals surface area contributed by atoms with Crippen LogP contribution in [-0.2, 0) is 27.3 Å². The number of hydrogen-bond acceptors (Lipinski definition) is 5. The first kappa shape index (κ1) is 22.5. The fraction of sp³-hybridized carbons (Fsp3) is 0.333. The monoisotopic (exact) mass is 448 g/mol. The second kappa shape index (κ2) is 9.02. The van der Waals surface area contributed by atoms with E-state index in [0.29, 0.717) is 35.6 Å². The zero-order valence-electron chi connectivity index (χ0n) is 18.4. The summed E-state index contributed by atoms with van der Waals surface area (Å²) in [5.41, 5.74) is 3.61. The summed E-state index contributed by atoms with van der Waals surface area (Å²) >= 11 is 0. The smallest absolute Gasteiger partial charge is 0.259 e. The summed E-state index contributed by atoms with van der Waals surface area (Å²) in [5, 5.41) is 13.3. The van der Waals surface area contributed by atoms with Crippen molar-refractivity contribution < 1.29 is 24.2 Å². The molecule has 2 aromatic carbocycles. The number of anilines is 2. The first-order valence-electron chi connectivity index (χ1n) is 10.6. The molecule has 9 heteroatoms. The average molecular weight is 448 g/mol. The van der Waals surface area contributed by atoms with E-state index in [1.54, 1.807) is 42.3 Å². The van der Waals surface area contributed by atoms with Crippen molar-refractivity contribution >= 4 is 34.8 Å². The van der Waals surface area contributed by atoms with E-state index in [1.807, 2.05) is 13.0 Å². The van der Waals surface area contributed by atoms with E-state index in [1.165, 1.54) is 4.90 Å².